The Labute approximate surface area is 90.8 Å². The van der Waals surface area contributed by atoms with Gasteiger partial charge in [0.15, 0.2) is 17.2 Å². The predicted molar refractivity (Wildman–Crippen MR) is 53.6 cm³/mol. The Morgan fingerprint density at radius 3 is 2.88 bits per heavy atom. The highest BCUT2D eigenvalue weighted by Crippen LogP contribution is 2.47. The van der Waals surface area contributed by atoms with Gasteiger partial charge in [0.1, 0.15) is 5.69 Å². The zero-order chi connectivity index (χ0) is 11.5. The fourth-order valence-electron chi connectivity index (χ4n) is 1.92. The molecule has 0 aromatic carbocycles. The first-order chi connectivity index (χ1) is 7.53. The number of hydrogen-bond acceptors (Lipinski definition) is 3. The predicted octanol–water partition coefficient (Wildman–Crippen LogP) is 0.587. The number of hydrogen-bond donors (Lipinski definition) is 2. The molecule has 1 amide bonds. The van der Waals surface area contributed by atoms with Crippen molar-refractivity contribution in [2.45, 2.75) is 18.4 Å². The van der Waals surface area contributed by atoms with Gasteiger partial charge in [0, 0.05) is 26.0 Å². The lowest BCUT2D eigenvalue weighted by molar-refractivity contribution is -0.125. The van der Waals surface area contributed by atoms with Gasteiger partial charge in [-0.15, -0.1) is 0 Å². The van der Waals surface area contributed by atoms with Crippen LogP contribution < -0.4 is 10.1 Å². The van der Waals surface area contributed by atoms with E-state index in [0.717, 1.165) is 0 Å². The number of carboxylic acid groups (broad SMARTS) is 1. The summed E-state index contributed by atoms with van der Waals surface area (Å²) in [6.07, 6.45) is 1.38. The van der Waals surface area contributed by atoms with E-state index < -0.39 is 11.6 Å². The first-order valence-corrected chi connectivity index (χ1v) is 4.97. The van der Waals surface area contributed by atoms with E-state index in [2.05, 4.69) is 5.32 Å². The van der Waals surface area contributed by atoms with E-state index in [1.165, 1.54) is 10.6 Å². The van der Waals surface area contributed by atoms with Crippen LogP contribution in [-0.2, 0) is 11.8 Å². The molecule has 3 rings (SSSR count). The van der Waals surface area contributed by atoms with Crippen LogP contribution in [0.2, 0.25) is 0 Å². The topological polar surface area (TPSA) is 80.6 Å². The molecule has 1 aromatic heterocycles. The van der Waals surface area contributed by atoms with Gasteiger partial charge in [0.25, 0.3) is 5.91 Å². The molecule has 0 unspecified atom stereocenters. The quantitative estimate of drug-likeness (QED) is 0.728. The minimum Gasteiger partial charge on any atom is -0.477 e. The molecule has 6 nitrogen and oxygen atoms in total. The lowest BCUT2D eigenvalue weighted by Gasteiger charge is -2.23. The van der Waals surface area contributed by atoms with Crippen molar-refractivity contribution in [2.75, 3.05) is 5.32 Å². The largest absolute Gasteiger partial charge is 0.477 e. The Hall–Kier alpha value is -1.98. The average Bonchev–Trinajstić information content (AvgIpc) is 2.92. The second-order valence-corrected chi connectivity index (χ2v) is 4.16. The second kappa shape index (κ2) is 2.58. The molecule has 1 fully saturated rings. The van der Waals surface area contributed by atoms with Crippen molar-refractivity contribution >= 4 is 17.7 Å². The highest BCUT2D eigenvalue weighted by Gasteiger charge is 2.56. The normalized spacial score (nSPS) is 19.9. The molecule has 16 heavy (non-hydrogen) atoms. The van der Waals surface area contributed by atoms with Gasteiger partial charge in [-0.3, -0.25) is 4.79 Å². The molecule has 2 heterocycles. The molecule has 6 heteroatoms. The number of nitrogens with zero attached hydrogens (tertiary/aromatic N) is 1. The standard InChI is InChI=1S/C10H10N2O4/c1-12-5(8(13)14)4-6-7(12)11-9(15)10(16-6)2-3-10/h4H,2-3H2,1H3,(H,11,15)(H,13,14). The molecular formula is C10H10N2O4. The molecule has 0 atom stereocenters. The minimum absolute atomic E-state index is 0.100. The zero-order valence-corrected chi connectivity index (χ0v) is 8.61. The maximum absolute atomic E-state index is 11.7. The number of carbonyl (C=O) groups is 2. The number of carbonyl (C=O) groups excluding carboxylic acids is 1. The Kier molecular flexibility index (Phi) is 1.49. The molecular weight excluding hydrogens is 212 g/mol. The van der Waals surface area contributed by atoms with E-state index in [4.69, 9.17) is 9.84 Å². The molecule has 0 bridgehead atoms. The number of ether oxygens (including phenoxy) is 1. The summed E-state index contributed by atoms with van der Waals surface area (Å²) in [7, 11) is 1.58. The van der Waals surface area contributed by atoms with Crippen molar-refractivity contribution in [1.82, 2.24) is 4.57 Å². The van der Waals surface area contributed by atoms with E-state index in [1.807, 2.05) is 0 Å². The molecule has 1 aromatic rings. The molecule has 84 valence electrons. The van der Waals surface area contributed by atoms with Gasteiger partial charge in [-0.25, -0.2) is 4.79 Å². The lowest BCUT2D eigenvalue weighted by atomic mass is 10.2. The lowest BCUT2D eigenvalue weighted by Crippen LogP contribution is -2.39. The molecule has 0 saturated heterocycles. The third-order valence-electron chi connectivity index (χ3n) is 3.07. The van der Waals surface area contributed by atoms with Crippen molar-refractivity contribution in [1.29, 1.82) is 0 Å². The smallest absolute Gasteiger partial charge is 0.352 e. The maximum Gasteiger partial charge on any atom is 0.352 e. The van der Waals surface area contributed by atoms with Gasteiger partial charge < -0.3 is 19.7 Å². The zero-order valence-electron chi connectivity index (χ0n) is 8.61. The minimum atomic E-state index is -1.04. The van der Waals surface area contributed by atoms with E-state index in [-0.39, 0.29) is 11.6 Å². The van der Waals surface area contributed by atoms with Crippen molar-refractivity contribution in [3.63, 3.8) is 0 Å². The number of anilines is 1. The Balaban J connectivity index is 2.09. The van der Waals surface area contributed by atoms with Gasteiger partial charge in [0.05, 0.1) is 0 Å². The number of fused-ring (bicyclic) bond motifs is 1. The summed E-state index contributed by atoms with van der Waals surface area (Å²) in [5, 5.41) is 11.6. The number of carboxylic acids is 1. The second-order valence-electron chi connectivity index (χ2n) is 4.16. The summed E-state index contributed by atoms with van der Waals surface area (Å²) in [4.78, 5) is 22.6. The molecule has 1 aliphatic carbocycles. The van der Waals surface area contributed by atoms with E-state index in [9.17, 15) is 9.59 Å². The third-order valence-corrected chi connectivity index (χ3v) is 3.07. The Bertz CT molecular complexity index is 513. The van der Waals surface area contributed by atoms with Crippen LogP contribution in [-0.4, -0.2) is 27.2 Å². The Morgan fingerprint density at radius 1 is 1.62 bits per heavy atom. The summed E-state index contributed by atoms with van der Waals surface area (Å²) in [6.45, 7) is 0. The van der Waals surface area contributed by atoms with Crippen LogP contribution in [0, 0.1) is 0 Å². The molecule has 0 radical (unpaired) electrons. The maximum atomic E-state index is 11.7. The van der Waals surface area contributed by atoms with Crippen LogP contribution in [0.3, 0.4) is 0 Å². The summed E-state index contributed by atoms with van der Waals surface area (Å²) < 4.78 is 6.97. The highest BCUT2D eigenvalue weighted by atomic mass is 16.5. The van der Waals surface area contributed by atoms with E-state index in [0.29, 0.717) is 24.4 Å². The SMILES string of the molecule is Cn1c(C(=O)O)cc2c1NC(=O)C1(CC1)O2. The van der Waals surface area contributed by atoms with Crippen LogP contribution in [0.5, 0.6) is 5.75 Å². The van der Waals surface area contributed by atoms with Crippen molar-refractivity contribution in [2.24, 2.45) is 7.05 Å². The summed E-state index contributed by atoms with van der Waals surface area (Å²) in [5.41, 5.74) is -0.632. The Morgan fingerprint density at radius 2 is 2.31 bits per heavy atom. The number of amides is 1. The fraction of sp³-hybridized carbons (Fsp3) is 0.400. The molecule has 1 aliphatic heterocycles. The van der Waals surface area contributed by atoms with Gasteiger partial charge >= 0.3 is 5.97 Å². The van der Waals surface area contributed by atoms with Crippen molar-refractivity contribution < 1.29 is 19.4 Å². The van der Waals surface area contributed by atoms with Crippen LogP contribution in [0.15, 0.2) is 6.07 Å². The van der Waals surface area contributed by atoms with Crippen LogP contribution in [0.1, 0.15) is 23.3 Å². The first kappa shape index (κ1) is 9.26. The van der Waals surface area contributed by atoms with Crippen LogP contribution in [0.4, 0.5) is 5.82 Å². The molecule has 2 aliphatic rings. The van der Waals surface area contributed by atoms with Crippen LogP contribution >= 0.6 is 0 Å². The summed E-state index contributed by atoms with van der Waals surface area (Å²) in [6, 6.07) is 1.44. The van der Waals surface area contributed by atoms with Gasteiger partial charge in [-0.1, -0.05) is 0 Å². The molecule has 1 saturated carbocycles. The van der Waals surface area contributed by atoms with E-state index >= 15 is 0 Å². The molecule has 2 N–H and O–H groups in total. The first-order valence-electron chi connectivity index (χ1n) is 4.97. The summed E-state index contributed by atoms with van der Waals surface area (Å²) in [5.74, 6) is -0.366. The van der Waals surface area contributed by atoms with Crippen molar-refractivity contribution in [3.8, 4) is 5.75 Å². The number of rotatable bonds is 1. The number of aromatic nitrogens is 1. The molecule has 1 spiro atoms. The fourth-order valence-corrected chi connectivity index (χ4v) is 1.92. The van der Waals surface area contributed by atoms with E-state index in [1.54, 1.807) is 7.05 Å². The van der Waals surface area contributed by atoms with Gasteiger partial charge in [-0.05, 0) is 0 Å². The average molecular weight is 222 g/mol. The number of aromatic carboxylic acids is 1. The van der Waals surface area contributed by atoms with Gasteiger partial charge in [-0.2, -0.15) is 0 Å². The monoisotopic (exact) mass is 222 g/mol. The van der Waals surface area contributed by atoms with Crippen molar-refractivity contribution in [3.05, 3.63) is 11.8 Å². The van der Waals surface area contributed by atoms with Gasteiger partial charge in [0.2, 0.25) is 0 Å². The summed E-state index contributed by atoms with van der Waals surface area (Å²) >= 11 is 0. The highest BCUT2D eigenvalue weighted by molar-refractivity contribution is 6.03. The number of nitrogens with one attached hydrogen (secondary N) is 1. The third kappa shape index (κ3) is 1.01. The van der Waals surface area contributed by atoms with Crippen LogP contribution in [0.25, 0.3) is 0 Å².